The van der Waals surface area contributed by atoms with Crippen LogP contribution in [0.15, 0.2) is 10.9 Å². The van der Waals surface area contributed by atoms with Gasteiger partial charge in [-0.3, -0.25) is 9.69 Å². The zero-order valence-corrected chi connectivity index (χ0v) is 10.6. The summed E-state index contributed by atoms with van der Waals surface area (Å²) in [5.41, 5.74) is 2.95. The third-order valence-corrected chi connectivity index (χ3v) is 4.38. The third kappa shape index (κ3) is 2.35. The average Bonchev–Trinajstić information content (AvgIpc) is 2.81. The molecule has 3 rings (SSSR count). The largest absolute Gasteiger partial charge is 0.351 e. The molecule has 0 unspecified atom stereocenters. The predicted molar refractivity (Wildman–Crippen MR) is 66.7 cm³/mol. The first-order chi connectivity index (χ1) is 8.33. The zero-order chi connectivity index (χ0) is 11.7. The molecule has 0 bridgehead atoms. The van der Waals surface area contributed by atoms with Gasteiger partial charge in [0.15, 0.2) is 0 Å². The highest BCUT2D eigenvalue weighted by Crippen LogP contribution is 2.26. The van der Waals surface area contributed by atoms with Crippen LogP contribution >= 0.6 is 11.3 Å². The first-order valence-electron chi connectivity index (χ1n) is 6.23. The summed E-state index contributed by atoms with van der Waals surface area (Å²) in [4.78, 5) is 18.3. The molecule has 2 fully saturated rings. The second kappa shape index (κ2) is 4.74. The highest BCUT2D eigenvalue weighted by molar-refractivity contribution is 7.07. The van der Waals surface area contributed by atoms with E-state index in [1.807, 2.05) is 5.51 Å². The van der Waals surface area contributed by atoms with E-state index in [0.717, 1.165) is 18.7 Å². The number of hydrogen-bond acceptors (Lipinski definition) is 4. The molecular weight excluding hydrogens is 234 g/mol. The number of carbonyl (C=O) groups excluding carboxylic acids is 1. The van der Waals surface area contributed by atoms with E-state index in [0.29, 0.717) is 18.6 Å². The fourth-order valence-corrected chi connectivity index (χ4v) is 3.52. The molecule has 1 saturated heterocycles. The molecular formula is C12H17N3OS. The monoisotopic (exact) mass is 251 g/mol. The number of amides is 1. The molecule has 5 heteroatoms. The Hall–Kier alpha value is -0.940. The molecule has 1 aliphatic carbocycles. The SMILES string of the molecule is O=C1CN(Cc2cscn2)[C@H]2CCCC[C@H]2N1. The van der Waals surface area contributed by atoms with Crippen molar-refractivity contribution in [2.45, 2.75) is 44.3 Å². The van der Waals surface area contributed by atoms with Crippen LogP contribution in [0.3, 0.4) is 0 Å². The van der Waals surface area contributed by atoms with Gasteiger partial charge in [-0.25, -0.2) is 4.98 Å². The summed E-state index contributed by atoms with van der Waals surface area (Å²) in [5.74, 6) is 0.170. The van der Waals surface area contributed by atoms with Crippen LogP contribution in [0.25, 0.3) is 0 Å². The van der Waals surface area contributed by atoms with Gasteiger partial charge >= 0.3 is 0 Å². The van der Waals surface area contributed by atoms with E-state index in [2.05, 4.69) is 20.6 Å². The lowest BCUT2D eigenvalue weighted by molar-refractivity contribution is -0.128. The number of nitrogens with one attached hydrogen (secondary N) is 1. The van der Waals surface area contributed by atoms with Crippen LogP contribution in [-0.4, -0.2) is 34.4 Å². The van der Waals surface area contributed by atoms with Gasteiger partial charge in [-0.05, 0) is 12.8 Å². The van der Waals surface area contributed by atoms with Gasteiger partial charge < -0.3 is 5.32 Å². The minimum absolute atomic E-state index is 0.170. The van der Waals surface area contributed by atoms with Gasteiger partial charge in [0.05, 0.1) is 17.7 Å². The first kappa shape index (κ1) is 11.2. The van der Waals surface area contributed by atoms with Crippen molar-refractivity contribution in [3.8, 4) is 0 Å². The summed E-state index contributed by atoms with van der Waals surface area (Å²) >= 11 is 1.62. The number of nitrogens with zero attached hydrogens (tertiary/aromatic N) is 2. The predicted octanol–water partition coefficient (Wildman–Crippen LogP) is 1.39. The summed E-state index contributed by atoms with van der Waals surface area (Å²) in [7, 11) is 0. The Kier molecular flexibility index (Phi) is 3.11. The lowest BCUT2D eigenvalue weighted by Gasteiger charge is -2.43. The average molecular weight is 251 g/mol. The van der Waals surface area contributed by atoms with Crippen LogP contribution in [0.2, 0.25) is 0 Å². The van der Waals surface area contributed by atoms with Crippen molar-refractivity contribution < 1.29 is 4.79 Å². The fraction of sp³-hybridized carbons (Fsp3) is 0.667. The maximum atomic E-state index is 11.7. The van der Waals surface area contributed by atoms with Crippen molar-refractivity contribution in [1.82, 2.24) is 15.2 Å². The van der Waals surface area contributed by atoms with Crippen LogP contribution in [0.4, 0.5) is 0 Å². The minimum Gasteiger partial charge on any atom is -0.351 e. The Balaban J connectivity index is 1.74. The molecule has 1 aromatic rings. The fourth-order valence-electron chi connectivity index (χ4n) is 2.97. The second-order valence-corrected chi connectivity index (χ2v) is 5.63. The zero-order valence-electron chi connectivity index (χ0n) is 9.76. The second-order valence-electron chi connectivity index (χ2n) is 4.91. The molecule has 1 saturated carbocycles. The van der Waals surface area contributed by atoms with Crippen LogP contribution in [0.1, 0.15) is 31.4 Å². The summed E-state index contributed by atoms with van der Waals surface area (Å²) in [5, 5.41) is 5.20. The van der Waals surface area contributed by atoms with E-state index in [9.17, 15) is 4.79 Å². The molecule has 1 aromatic heterocycles. The number of hydrogen-bond donors (Lipinski definition) is 1. The molecule has 17 heavy (non-hydrogen) atoms. The van der Waals surface area contributed by atoms with Crippen molar-refractivity contribution in [3.63, 3.8) is 0 Å². The molecule has 2 heterocycles. The van der Waals surface area contributed by atoms with Gasteiger partial charge in [0.2, 0.25) is 5.91 Å². The van der Waals surface area contributed by atoms with E-state index < -0.39 is 0 Å². The van der Waals surface area contributed by atoms with Crippen molar-refractivity contribution in [3.05, 3.63) is 16.6 Å². The lowest BCUT2D eigenvalue weighted by Crippen LogP contribution is -2.61. The molecule has 4 nitrogen and oxygen atoms in total. The maximum absolute atomic E-state index is 11.7. The number of fused-ring (bicyclic) bond motifs is 1. The van der Waals surface area contributed by atoms with Crippen LogP contribution in [-0.2, 0) is 11.3 Å². The first-order valence-corrected chi connectivity index (χ1v) is 7.18. The van der Waals surface area contributed by atoms with Crippen molar-refractivity contribution in [2.24, 2.45) is 0 Å². The summed E-state index contributed by atoms with van der Waals surface area (Å²) < 4.78 is 0. The standard InChI is InChI=1S/C12H17N3OS/c16-12-6-15(5-9-7-17-8-13-9)11-4-2-1-3-10(11)14-12/h7-8,10-11H,1-6H2,(H,14,16)/t10-,11+/m1/s1. The lowest BCUT2D eigenvalue weighted by atomic mass is 9.87. The van der Waals surface area contributed by atoms with E-state index in [4.69, 9.17) is 0 Å². The van der Waals surface area contributed by atoms with Crippen molar-refractivity contribution in [1.29, 1.82) is 0 Å². The number of piperazine rings is 1. The Morgan fingerprint density at radius 2 is 2.35 bits per heavy atom. The topological polar surface area (TPSA) is 45.2 Å². The Labute approximate surface area is 105 Å². The molecule has 0 aromatic carbocycles. The van der Waals surface area contributed by atoms with Gasteiger partial charge in [0, 0.05) is 24.0 Å². The van der Waals surface area contributed by atoms with Gasteiger partial charge in [0.25, 0.3) is 0 Å². The molecule has 92 valence electrons. The molecule has 2 atom stereocenters. The smallest absolute Gasteiger partial charge is 0.234 e. The molecule has 2 aliphatic rings. The quantitative estimate of drug-likeness (QED) is 0.864. The van der Waals surface area contributed by atoms with Gasteiger partial charge in [-0.15, -0.1) is 11.3 Å². The summed E-state index contributed by atoms with van der Waals surface area (Å²) in [6.07, 6.45) is 4.86. The number of carbonyl (C=O) groups is 1. The summed E-state index contributed by atoms with van der Waals surface area (Å²) in [6.45, 7) is 1.34. The minimum atomic E-state index is 0.170. The molecule has 1 amide bonds. The van der Waals surface area contributed by atoms with E-state index in [-0.39, 0.29) is 5.91 Å². The molecule has 1 aliphatic heterocycles. The number of rotatable bonds is 2. The third-order valence-electron chi connectivity index (χ3n) is 3.74. The van der Waals surface area contributed by atoms with Crippen LogP contribution < -0.4 is 5.32 Å². The summed E-state index contributed by atoms with van der Waals surface area (Å²) in [6, 6.07) is 0.881. The maximum Gasteiger partial charge on any atom is 0.234 e. The van der Waals surface area contributed by atoms with Gasteiger partial charge in [-0.2, -0.15) is 0 Å². The van der Waals surface area contributed by atoms with Crippen molar-refractivity contribution >= 4 is 17.2 Å². The van der Waals surface area contributed by atoms with Crippen LogP contribution in [0.5, 0.6) is 0 Å². The van der Waals surface area contributed by atoms with Gasteiger partial charge in [-0.1, -0.05) is 12.8 Å². The Bertz CT molecular complexity index is 392. The highest BCUT2D eigenvalue weighted by Gasteiger charge is 2.36. The molecule has 0 radical (unpaired) electrons. The number of thiazole rings is 1. The normalized spacial score (nSPS) is 29.8. The van der Waals surface area contributed by atoms with Crippen LogP contribution in [0, 0.1) is 0 Å². The van der Waals surface area contributed by atoms with Crippen molar-refractivity contribution in [2.75, 3.05) is 6.54 Å². The molecule has 0 spiro atoms. The van der Waals surface area contributed by atoms with Gasteiger partial charge in [0.1, 0.15) is 0 Å². The van der Waals surface area contributed by atoms with E-state index in [1.54, 1.807) is 11.3 Å². The molecule has 1 N–H and O–H groups in total. The van der Waals surface area contributed by atoms with E-state index in [1.165, 1.54) is 19.3 Å². The Morgan fingerprint density at radius 3 is 3.18 bits per heavy atom. The Morgan fingerprint density at radius 1 is 1.47 bits per heavy atom. The number of aromatic nitrogens is 1. The highest BCUT2D eigenvalue weighted by atomic mass is 32.1. The van der Waals surface area contributed by atoms with E-state index >= 15 is 0 Å².